The zero-order chi connectivity index (χ0) is 14.2. The van der Waals surface area contributed by atoms with Crippen molar-refractivity contribution in [3.8, 4) is 6.07 Å². The van der Waals surface area contributed by atoms with Crippen LogP contribution in [0, 0.1) is 16.7 Å². The van der Waals surface area contributed by atoms with Crippen LogP contribution in [0.2, 0.25) is 0 Å². The highest BCUT2D eigenvalue weighted by molar-refractivity contribution is 5.99. The number of hydrogen-bond acceptors (Lipinski definition) is 3. The summed E-state index contributed by atoms with van der Waals surface area (Å²) < 4.78 is 0. The Morgan fingerprint density at radius 1 is 1.45 bits per heavy atom. The number of carbonyl (C=O) groups excluding carboxylic acids is 2. The topological polar surface area (TPSA) is 82.0 Å². The van der Waals surface area contributed by atoms with Gasteiger partial charge in [0.15, 0.2) is 0 Å². The molecule has 0 saturated heterocycles. The van der Waals surface area contributed by atoms with E-state index in [-0.39, 0.29) is 11.8 Å². The van der Waals surface area contributed by atoms with Crippen LogP contribution in [0.3, 0.4) is 0 Å². The summed E-state index contributed by atoms with van der Waals surface area (Å²) in [5.41, 5.74) is 2.22. The molecular weight excluding hydrogens is 254 g/mol. The third-order valence-electron chi connectivity index (χ3n) is 3.89. The number of nitrogens with zero attached hydrogens (tertiary/aromatic N) is 1. The molecule has 0 spiro atoms. The van der Waals surface area contributed by atoms with E-state index in [0.717, 1.165) is 16.8 Å². The molecule has 20 heavy (non-hydrogen) atoms. The number of hydrogen-bond donors (Lipinski definition) is 2. The average molecular weight is 269 g/mol. The van der Waals surface area contributed by atoms with Gasteiger partial charge in [0.25, 0.3) is 0 Å². The van der Waals surface area contributed by atoms with Crippen LogP contribution in [-0.4, -0.2) is 18.4 Å². The molecule has 0 bridgehead atoms. The summed E-state index contributed by atoms with van der Waals surface area (Å²) >= 11 is 0. The van der Waals surface area contributed by atoms with Crippen LogP contribution >= 0.6 is 0 Å². The zero-order valence-electron chi connectivity index (χ0n) is 11.0. The van der Waals surface area contributed by atoms with E-state index in [2.05, 4.69) is 16.7 Å². The number of amides is 2. The first-order chi connectivity index (χ1) is 9.63. The van der Waals surface area contributed by atoms with E-state index in [1.165, 1.54) is 0 Å². The van der Waals surface area contributed by atoms with Crippen molar-refractivity contribution in [2.24, 2.45) is 5.41 Å². The summed E-state index contributed by atoms with van der Waals surface area (Å²) in [6.45, 7) is 0.516. The molecule has 2 aliphatic rings. The van der Waals surface area contributed by atoms with Crippen LogP contribution in [0.25, 0.3) is 0 Å². The molecule has 1 aromatic carbocycles. The second kappa shape index (κ2) is 4.64. The van der Waals surface area contributed by atoms with E-state index in [4.69, 9.17) is 5.26 Å². The van der Waals surface area contributed by atoms with E-state index in [9.17, 15) is 9.59 Å². The summed E-state index contributed by atoms with van der Waals surface area (Å²) in [6, 6.07) is 7.93. The van der Waals surface area contributed by atoms with Crippen LogP contribution in [0.4, 0.5) is 5.69 Å². The number of benzene rings is 1. The quantitative estimate of drug-likeness (QED) is 0.860. The van der Waals surface area contributed by atoms with E-state index < -0.39 is 5.41 Å². The summed E-state index contributed by atoms with van der Waals surface area (Å²) in [7, 11) is 0. The SMILES string of the molecule is N#CC1(C(=O)NCCc2ccc3c(c2)CC(=O)N3)CC1. The second-order valence-electron chi connectivity index (χ2n) is 5.42. The lowest BCUT2D eigenvalue weighted by molar-refractivity contribution is -0.124. The molecular formula is C15H15N3O2. The lowest BCUT2D eigenvalue weighted by Crippen LogP contribution is -2.32. The number of nitrogens with one attached hydrogen (secondary N) is 2. The van der Waals surface area contributed by atoms with Crippen molar-refractivity contribution in [3.63, 3.8) is 0 Å². The number of anilines is 1. The molecule has 2 amide bonds. The Hall–Kier alpha value is -2.35. The van der Waals surface area contributed by atoms with Crippen LogP contribution in [0.15, 0.2) is 18.2 Å². The maximum atomic E-state index is 11.8. The molecule has 1 aromatic rings. The first-order valence-corrected chi connectivity index (χ1v) is 6.74. The van der Waals surface area contributed by atoms with Crippen LogP contribution < -0.4 is 10.6 Å². The minimum Gasteiger partial charge on any atom is -0.354 e. The molecule has 3 rings (SSSR count). The lowest BCUT2D eigenvalue weighted by Gasteiger charge is -2.08. The van der Waals surface area contributed by atoms with Gasteiger partial charge in [0.2, 0.25) is 11.8 Å². The fraction of sp³-hybridized carbons (Fsp3) is 0.400. The van der Waals surface area contributed by atoms with Gasteiger partial charge in [-0.3, -0.25) is 9.59 Å². The van der Waals surface area contributed by atoms with Crippen LogP contribution in [0.5, 0.6) is 0 Å². The van der Waals surface area contributed by atoms with Crippen molar-refractivity contribution >= 4 is 17.5 Å². The van der Waals surface area contributed by atoms with Crippen molar-refractivity contribution in [1.82, 2.24) is 5.32 Å². The molecule has 0 atom stereocenters. The van der Waals surface area contributed by atoms with Gasteiger partial charge in [-0.2, -0.15) is 5.26 Å². The number of fused-ring (bicyclic) bond motifs is 1. The van der Waals surface area contributed by atoms with Gasteiger partial charge < -0.3 is 10.6 Å². The average Bonchev–Trinajstić information content (AvgIpc) is 3.15. The Balaban J connectivity index is 1.55. The molecule has 1 saturated carbocycles. The number of carbonyl (C=O) groups is 2. The first kappa shape index (κ1) is 12.7. The van der Waals surface area contributed by atoms with Crippen molar-refractivity contribution in [2.45, 2.75) is 25.7 Å². The van der Waals surface area contributed by atoms with Crippen LogP contribution in [0.1, 0.15) is 24.0 Å². The Labute approximate surface area is 117 Å². The summed E-state index contributed by atoms with van der Waals surface area (Å²) in [6.07, 6.45) is 2.46. The van der Waals surface area contributed by atoms with E-state index in [0.29, 0.717) is 32.2 Å². The Bertz CT molecular complexity index is 626. The van der Waals surface area contributed by atoms with Gasteiger partial charge >= 0.3 is 0 Å². The number of rotatable bonds is 4. The molecule has 1 heterocycles. The van der Waals surface area contributed by atoms with Crippen molar-refractivity contribution in [3.05, 3.63) is 29.3 Å². The highest BCUT2D eigenvalue weighted by Gasteiger charge is 2.50. The monoisotopic (exact) mass is 269 g/mol. The van der Waals surface area contributed by atoms with E-state index in [1.54, 1.807) is 0 Å². The lowest BCUT2D eigenvalue weighted by atomic mass is 10.1. The third-order valence-corrected chi connectivity index (χ3v) is 3.89. The normalized spacial score (nSPS) is 17.9. The molecule has 2 N–H and O–H groups in total. The van der Waals surface area contributed by atoms with Gasteiger partial charge in [0.05, 0.1) is 12.5 Å². The van der Waals surface area contributed by atoms with Crippen molar-refractivity contribution < 1.29 is 9.59 Å². The van der Waals surface area contributed by atoms with Gasteiger partial charge in [-0.25, -0.2) is 0 Å². The fourth-order valence-corrected chi connectivity index (χ4v) is 2.44. The predicted octanol–water partition coefficient (Wildman–Crippen LogP) is 1.14. The zero-order valence-corrected chi connectivity index (χ0v) is 11.0. The van der Waals surface area contributed by atoms with Crippen molar-refractivity contribution in [1.29, 1.82) is 5.26 Å². The summed E-state index contributed by atoms with van der Waals surface area (Å²) in [4.78, 5) is 23.1. The Morgan fingerprint density at radius 2 is 2.25 bits per heavy atom. The fourth-order valence-electron chi connectivity index (χ4n) is 2.44. The predicted molar refractivity (Wildman–Crippen MR) is 72.8 cm³/mol. The molecule has 0 aromatic heterocycles. The van der Waals surface area contributed by atoms with E-state index in [1.807, 2.05) is 18.2 Å². The van der Waals surface area contributed by atoms with Gasteiger partial charge in [-0.15, -0.1) is 0 Å². The first-order valence-electron chi connectivity index (χ1n) is 6.74. The number of nitriles is 1. The standard InChI is InChI=1S/C15H15N3O2/c16-9-15(4-5-15)14(20)17-6-3-10-1-2-12-11(7-10)8-13(19)18-12/h1-2,7H,3-6,8H2,(H,17,20)(H,18,19). The largest absolute Gasteiger partial charge is 0.354 e. The Morgan fingerprint density at radius 3 is 2.95 bits per heavy atom. The minimum absolute atomic E-state index is 0.0233. The second-order valence-corrected chi connectivity index (χ2v) is 5.42. The smallest absolute Gasteiger partial charge is 0.240 e. The maximum Gasteiger partial charge on any atom is 0.240 e. The Kier molecular flexibility index (Phi) is 2.94. The molecule has 5 nitrogen and oxygen atoms in total. The minimum atomic E-state index is -0.756. The molecule has 1 aliphatic carbocycles. The van der Waals surface area contributed by atoms with Gasteiger partial charge in [0.1, 0.15) is 5.41 Å². The molecule has 0 unspecified atom stereocenters. The molecule has 1 fully saturated rings. The van der Waals surface area contributed by atoms with Crippen molar-refractivity contribution in [2.75, 3.05) is 11.9 Å². The van der Waals surface area contributed by atoms with Gasteiger partial charge in [0, 0.05) is 12.2 Å². The highest BCUT2D eigenvalue weighted by atomic mass is 16.2. The molecule has 5 heteroatoms. The molecule has 1 aliphatic heterocycles. The van der Waals surface area contributed by atoms with E-state index >= 15 is 0 Å². The summed E-state index contributed by atoms with van der Waals surface area (Å²) in [5.74, 6) is -0.131. The third kappa shape index (κ3) is 2.25. The van der Waals surface area contributed by atoms with Gasteiger partial charge in [-0.05, 0) is 36.5 Å². The maximum absolute atomic E-state index is 11.8. The highest BCUT2D eigenvalue weighted by Crippen LogP contribution is 2.44. The molecule has 102 valence electrons. The molecule has 0 radical (unpaired) electrons. The summed E-state index contributed by atoms with van der Waals surface area (Å²) in [5, 5.41) is 14.5. The van der Waals surface area contributed by atoms with Gasteiger partial charge in [-0.1, -0.05) is 12.1 Å². The van der Waals surface area contributed by atoms with Crippen LogP contribution in [-0.2, 0) is 22.4 Å².